The molecule has 0 aliphatic heterocycles. The zero-order valence-electron chi connectivity index (χ0n) is 9.12. The van der Waals surface area contributed by atoms with Gasteiger partial charge in [0.05, 0.1) is 20.0 Å². The molecule has 0 fully saturated rings. The number of aromatic amines is 1. The van der Waals surface area contributed by atoms with Crippen LogP contribution in [0.1, 0.15) is 0 Å². The fourth-order valence-corrected chi connectivity index (χ4v) is 2.29. The van der Waals surface area contributed by atoms with E-state index in [0.717, 1.165) is 6.07 Å². The minimum atomic E-state index is -0.803. The first-order valence-corrected chi connectivity index (χ1v) is 6.06. The molecule has 0 atom stereocenters. The molecule has 0 amide bonds. The average molecular weight is 320 g/mol. The number of nitrogens with zero attached hydrogens (tertiary/aromatic N) is 1. The standard InChI is InChI=1S/C11H5Cl3N2O3/c12-6-1-2-7(13)10(14)9(6)5-3-8(16(18)19)11(17)15-4-5/h1-4H,(H,15,17). The van der Waals surface area contributed by atoms with Gasteiger partial charge in [-0.25, -0.2) is 0 Å². The molecule has 0 aliphatic carbocycles. The molecule has 0 aliphatic rings. The summed E-state index contributed by atoms with van der Waals surface area (Å²) in [7, 11) is 0. The highest BCUT2D eigenvalue weighted by atomic mass is 35.5. The number of hydrogen-bond acceptors (Lipinski definition) is 3. The van der Waals surface area contributed by atoms with Crippen molar-refractivity contribution >= 4 is 40.5 Å². The fourth-order valence-electron chi connectivity index (χ4n) is 1.54. The van der Waals surface area contributed by atoms with Gasteiger partial charge in [0.15, 0.2) is 0 Å². The molecular weight excluding hydrogens is 314 g/mol. The van der Waals surface area contributed by atoms with Crippen LogP contribution in [-0.4, -0.2) is 9.91 Å². The minimum Gasteiger partial charge on any atom is -0.323 e. The third-order valence-electron chi connectivity index (χ3n) is 2.41. The zero-order chi connectivity index (χ0) is 14.2. The second-order valence-electron chi connectivity index (χ2n) is 3.58. The Morgan fingerprint density at radius 2 is 1.79 bits per heavy atom. The van der Waals surface area contributed by atoms with Crippen molar-refractivity contribution in [2.45, 2.75) is 0 Å². The Labute approximate surface area is 121 Å². The predicted molar refractivity (Wildman–Crippen MR) is 74.2 cm³/mol. The van der Waals surface area contributed by atoms with E-state index in [4.69, 9.17) is 34.8 Å². The Morgan fingerprint density at radius 3 is 2.42 bits per heavy atom. The smallest absolute Gasteiger partial charge is 0.323 e. The van der Waals surface area contributed by atoms with Crippen molar-refractivity contribution in [3.05, 3.63) is 59.9 Å². The van der Waals surface area contributed by atoms with Gasteiger partial charge in [-0.2, -0.15) is 0 Å². The molecular formula is C11H5Cl3N2O3. The molecule has 0 unspecified atom stereocenters. The topological polar surface area (TPSA) is 76.0 Å². The number of pyridine rings is 1. The molecule has 5 nitrogen and oxygen atoms in total. The van der Waals surface area contributed by atoms with Gasteiger partial charge in [-0.3, -0.25) is 14.9 Å². The van der Waals surface area contributed by atoms with E-state index in [-0.39, 0.29) is 15.1 Å². The molecule has 0 radical (unpaired) electrons. The Balaban J connectivity index is 2.73. The highest BCUT2D eigenvalue weighted by molar-refractivity contribution is 6.46. The first kappa shape index (κ1) is 13.9. The van der Waals surface area contributed by atoms with Gasteiger partial charge >= 0.3 is 11.2 Å². The normalized spacial score (nSPS) is 10.5. The molecule has 2 aromatic rings. The Morgan fingerprint density at radius 1 is 1.16 bits per heavy atom. The van der Waals surface area contributed by atoms with Gasteiger partial charge in [-0.05, 0) is 12.1 Å². The number of H-pyrrole nitrogens is 1. The number of nitrogens with one attached hydrogen (secondary N) is 1. The van der Waals surface area contributed by atoms with Gasteiger partial charge < -0.3 is 4.98 Å². The number of halogens is 3. The molecule has 0 bridgehead atoms. The summed E-state index contributed by atoms with van der Waals surface area (Å²) in [5.41, 5.74) is -0.758. The zero-order valence-corrected chi connectivity index (χ0v) is 11.4. The van der Waals surface area contributed by atoms with Crippen molar-refractivity contribution in [2.24, 2.45) is 0 Å². The van der Waals surface area contributed by atoms with Crippen LogP contribution in [0.15, 0.2) is 29.2 Å². The minimum absolute atomic E-state index is 0.163. The van der Waals surface area contributed by atoms with Crippen LogP contribution in [0.3, 0.4) is 0 Å². The third kappa shape index (κ3) is 2.58. The first-order valence-electron chi connectivity index (χ1n) is 4.93. The largest absolute Gasteiger partial charge is 0.334 e. The third-order valence-corrected chi connectivity index (χ3v) is 3.53. The molecule has 2 rings (SSSR count). The van der Waals surface area contributed by atoms with E-state index in [1.54, 1.807) is 0 Å². The second-order valence-corrected chi connectivity index (χ2v) is 4.77. The molecule has 1 heterocycles. The lowest BCUT2D eigenvalue weighted by Gasteiger charge is -2.08. The maximum atomic E-state index is 11.3. The van der Waals surface area contributed by atoms with Crippen LogP contribution >= 0.6 is 34.8 Å². The molecule has 1 aromatic heterocycles. The van der Waals surface area contributed by atoms with Gasteiger partial charge in [-0.15, -0.1) is 0 Å². The van der Waals surface area contributed by atoms with Crippen molar-refractivity contribution in [1.82, 2.24) is 4.98 Å². The Bertz CT molecular complexity index is 728. The number of hydrogen-bond donors (Lipinski definition) is 1. The summed E-state index contributed by atoms with van der Waals surface area (Å²) in [4.78, 5) is 23.5. The summed E-state index contributed by atoms with van der Waals surface area (Å²) in [6.45, 7) is 0. The first-order chi connectivity index (χ1) is 8.91. The van der Waals surface area contributed by atoms with Gasteiger partial charge in [0, 0.05) is 23.4 Å². The fraction of sp³-hybridized carbons (Fsp3) is 0. The van der Waals surface area contributed by atoms with Crippen LogP contribution < -0.4 is 5.56 Å². The Hall–Kier alpha value is -1.56. The van der Waals surface area contributed by atoms with Gasteiger partial charge in [-0.1, -0.05) is 34.8 Å². The second kappa shape index (κ2) is 5.21. The quantitative estimate of drug-likeness (QED) is 0.518. The summed E-state index contributed by atoms with van der Waals surface area (Å²) in [5, 5.41) is 11.4. The number of rotatable bonds is 2. The lowest BCUT2D eigenvalue weighted by Crippen LogP contribution is -2.10. The molecule has 0 spiro atoms. The van der Waals surface area contributed by atoms with E-state index < -0.39 is 16.2 Å². The van der Waals surface area contributed by atoms with E-state index in [1.165, 1.54) is 18.3 Å². The van der Waals surface area contributed by atoms with Crippen LogP contribution in [0.2, 0.25) is 15.1 Å². The van der Waals surface area contributed by atoms with Crippen molar-refractivity contribution in [1.29, 1.82) is 0 Å². The summed E-state index contributed by atoms with van der Waals surface area (Å²) >= 11 is 17.9. The highest BCUT2D eigenvalue weighted by Gasteiger charge is 2.17. The van der Waals surface area contributed by atoms with Gasteiger partial charge in [0.2, 0.25) is 0 Å². The Kier molecular flexibility index (Phi) is 3.80. The highest BCUT2D eigenvalue weighted by Crippen LogP contribution is 2.39. The van der Waals surface area contributed by atoms with Crippen LogP contribution in [-0.2, 0) is 0 Å². The van der Waals surface area contributed by atoms with Crippen molar-refractivity contribution in [3.63, 3.8) is 0 Å². The maximum absolute atomic E-state index is 11.3. The van der Waals surface area contributed by atoms with Crippen molar-refractivity contribution < 1.29 is 4.92 Å². The average Bonchev–Trinajstić information content (AvgIpc) is 2.36. The number of nitro groups is 1. The molecule has 0 saturated heterocycles. The van der Waals surface area contributed by atoms with E-state index >= 15 is 0 Å². The van der Waals surface area contributed by atoms with Gasteiger partial charge in [0.25, 0.3) is 0 Å². The lowest BCUT2D eigenvalue weighted by atomic mass is 10.1. The summed E-state index contributed by atoms with van der Waals surface area (Å²) in [6, 6.07) is 4.13. The maximum Gasteiger partial charge on any atom is 0.334 e. The van der Waals surface area contributed by atoms with E-state index in [9.17, 15) is 14.9 Å². The van der Waals surface area contributed by atoms with Crippen LogP contribution in [0, 0.1) is 10.1 Å². The summed E-state index contributed by atoms with van der Waals surface area (Å²) in [5.74, 6) is 0. The van der Waals surface area contributed by atoms with Crippen molar-refractivity contribution in [3.8, 4) is 11.1 Å². The molecule has 8 heteroatoms. The van der Waals surface area contributed by atoms with Crippen LogP contribution in [0.5, 0.6) is 0 Å². The van der Waals surface area contributed by atoms with Crippen LogP contribution in [0.25, 0.3) is 11.1 Å². The molecule has 1 N–H and O–H groups in total. The van der Waals surface area contributed by atoms with Crippen LogP contribution in [0.4, 0.5) is 5.69 Å². The molecule has 1 aromatic carbocycles. The molecule has 98 valence electrons. The molecule has 19 heavy (non-hydrogen) atoms. The lowest BCUT2D eigenvalue weighted by molar-refractivity contribution is -0.386. The van der Waals surface area contributed by atoms with E-state index in [0.29, 0.717) is 11.1 Å². The van der Waals surface area contributed by atoms with Gasteiger partial charge in [0.1, 0.15) is 0 Å². The predicted octanol–water partition coefficient (Wildman–Crippen LogP) is 3.91. The number of aromatic nitrogens is 1. The number of benzene rings is 1. The van der Waals surface area contributed by atoms with E-state index in [1.807, 2.05) is 0 Å². The SMILES string of the molecule is O=c1[nH]cc(-c2c(Cl)ccc(Cl)c2Cl)cc1[N+](=O)[O-]. The summed E-state index contributed by atoms with van der Waals surface area (Å²) in [6.07, 6.45) is 1.29. The monoisotopic (exact) mass is 318 g/mol. The molecule has 0 saturated carbocycles. The van der Waals surface area contributed by atoms with Crippen molar-refractivity contribution in [2.75, 3.05) is 0 Å². The van der Waals surface area contributed by atoms with E-state index in [2.05, 4.69) is 4.98 Å². The summed E-state index contributed by atoms with van der Waals surface area (Å²) < 4.78 is 0.